The number of methoxy groups -OCH3 is 1. The second kappa shape index (κ2) is 9.18. The Balaban J connectivity index is 1.50. The molecular formula is C20H24N4O4. The van der Waals surface area contributed by atoms with Gasteiger partial charge < -0.3 is 23.9 Å². The first-order valence-corrected chi connectivity index (χ1v) is 9.00. The number of nitrogens with one attached hydrogen (secondary N) is 1. The average molecular weight is 384 g/mol. The second-order valence-corrected chi connectivity index (χ2v) is 6.55. The van der Waals surface area contributed by atoms with E-state index in [1.807, 2.05) is 38.4 Å². The topological polar surface area (TPSA) is 93.6 Å². The standard InChI is InChI=1S/C20H24N4O4/c1-24(2)16(14-6-8-15(26-3)9-7-14)13-21-18(25)10-11-19-22-20(23-28-19)17-5-4-12-27-17/h4-9,12,16H,10-11,13H2,1-3H3,(H,21,25). The Hall–Kier alpha value is -3.13. The third kappa shape index (κ3) is 4.98. The maximum atomic E-state index is 12.3. The molecule has 148 valence electrons. The number of aryl methyl sites for hydroxylation is 1. The lowest BCUT2D eigenvalue weighted by molar-refractivity contribution is -0.121. The molecule has 3 rings (SSSR count). The van der Waals surface area contributed by atoms with Gasteiger partial charge in [0.05, 0.1) is 19.4 Å². The van der Waals surface area contributed by atoms with Crippen molar-refractivity contribution in [1.82, 2.24) is 20.4 Å². The van der Waals surface area contributed by atoms with Crippen LogP contribution in [-0.4, -0.2) is 48.7 Å². The van der Waals surface area contributed by atoms with Crippen LogP contribution in [-0.2, 0) is 11.2 Å². The van der Waals surface area contributed by atoms with E-state index in [-0.39, 0.29) is 18.4 Å². The molecule has 0 saturated carbocycles. The van der Waals surface area contributed by atoms with Gasteiger partial charge in [0.1, 0.15) is 5.75 Å². The van der Waals surface area contributed by atoms with Crippen LogP contribution in [0.1, 0.15) is 23.9 Å². The fourth-order valence-electron chi connectivity index (χ4n) is 2.81. The normalized spacial score (nSPS) is 12.1. The molecule has 0 aliphatic carbocycles. The molecule has 3 aromatic rings. The van der Waals surface area contributed by atoms with E-state index in [1.165, 1.54) is 0 Å². The van der Waals surface area contributed by atoms with Gasteiger partial charge in [-0.2, -0.15) is 4.98 Å². The van der Waals surface area contributed by atoms with Gasteiger partial charge in [0, 0.05) is 19.4 Å². The highest BCUT2D eigenvalue weighted by atomic mass is 16.5. The molecule has 0 aliphatic rings. The first-order chi connectivity index (χ1) is 13.6. The quantitative estimate of drug-likeness (QED) is 0.606. The van der Waals surface area contributed by atoms with Gasteiger partial charge in [-0.3, -0.25) is 4.79 Å². The number of furan rings is 1. The van der Waals surface area contributed by atoms with Crippen LogP contribution in [0.3, 0.4) is 0 Å². The summed E-state index contributed by atoms with van der Waals surface area (Å²) >= 11 is 0. The van der Waals surface area contributed by atoms with E-state index < -0.39 is 0 Å². The molecule has 1 aromatic carbocycles. The minimum Gasteiger partial charge on any atom is -0.497 e. The Labute approximate surface area is 163 Å². The van der Waals surface area contributed by atoms with Gasteiger partial charge in [-0.1, -0.05) is 17.3 Å². The van der Waals surface area contributed by atoms with Crippen molar-refractivity contribution in [3.63, 3.8) is 0 Å². The molecule has 0 aliphatic heterocycles. The van der Waals surface area contributed by atoms with Gasteiger partial charge in [0.25, 0.3) is 0 Å². The van der Waals surface area contributed by atoms with Crippen molar-refractivity contribution in [2.45, 2.75) is 18.9 Å². The van der Waals surface area contributed by atoms with Crippen molar-refractivity contribution in [3.8, 4) is 17.3 Å². The van der Waals surface area contributed by atoms with Gasteiger partial charge in [-0.15, -0.1) is 0 Å². The third-order valence-electron chi connectivity index (χ3n) is 4.39. The Morgan fingerprint density at radius 1 is 1.25 bits per heavy atom. The predicted molar refractivity (Wildman–Crippen MR) is 103 cm³/mol. The lowest BCUT2D eigenvalue weighted by Crippen LogP contribution is -2.34. The lowest BCUT2D eigenvalue weighted by Gasteiger charge is -2.25. The molecule has 0 fully saturated rings. The van der Waals surface area contributed by atoms with E-state index in [0.717, 1.165) is 11.3 Å². The van der Waals surface area contributed by atoms with Crippen LogP contribution in [0.4, 0.5) is 0 Å². The van der Waals surface area contributed by atoms with Crippen molar-refractivity contribution in [3.05, 3.63) is 54.1 Å². The molecule has 1 N–H and O–H groups in total. The van der Waals surface area contributed by atoms with Gasteiger partial charge in [-0.25, -0.2) is 0 Å². The minimum absolute atomic E-state index is 0.0591. The number of rotatable bonds is 9. The van der Waals surface area contributed by atoms with Crippen molar-refractivity contribution in [2.75, 3.05) is 27.7 Å². The molecule has 2 aromatic heterocycles. The number of aromatic nitrogens is 2. The summed E-state index contributed by atoms with van der Waals surface area (Å²) in [7, 11) is 5.60. The Bertz CT molecular complexity index is 872. The first kappa shape index (κ1) is 19.6. The highest BCUT2D eigenvalue weighted by Gasteiger charge is 2.16. The van der Waals surface area contributed by atoms with E-state index in [4.69, 9.17) is 13.7 Å². The predicted octanol–water partition coefficient (Wildman–Crippen LogP) is 2.69. The van der Waals surface area contributed by atoms with Gasteiger partial charge in [0.2, 0.25) is 17.6 Å². The zero-order valence-corrected chi connectivity index (χ0v) is 16.2. The number of carbonyl (C=O) groups is 1. The lowest BCUT2D eigenvalue weighted by atomic mass is 10.1. The van der Waals surface area contributed by atoms with Crippen molar-refractivity contribution in [1.29, 1.82) is 0 Å². The summed E-state index contributed by atoms with van der Waals surface area (Å²) in [5, 5.41) is 6.83. The molecule has 0 spiro atoms. The summed E-state index contributed by atoms with van der Waals surface area (Å²) in [4.78, 5) is 18.6. The first-order valence-electron chi connectivity index (χ1n) is 9.00. The second-order valence-electron chi connectivity index (χ2n) is 6.55. The van der Waals surface area contributed by atoms with E-state index in [9.17, 15) is 4.79 Å². The number of amides is 1. The summed E-state index contributed by atoms with van der Waals surface area (Å²) in [6.07, 6.45) is 2.18. The summed E-state index contributed by atoms with van der Waals surface area (Å²) in [5.41, 5.74) is 1.10. The molecule has 0 bridgehead atoms. The van der Waals surface area contributed by atoms with E-state index in [1.54, 1.807) is 25.5 Å². The van der Waals surface area contributed by atoms with Crippen LogP contribution in [0.5, 0.6) is 5.75 Å². The Morgan fingerprint density at radius 3 is 2.68 bits per heavy atom. The molecule has 0 radical (unpaired) electrons. The molecule has 1 atom stereocenters. The van der Waals surface area contributed by atoms with Gasteiger partial charge in [-0.05, 0) is 43.9 Å². The van der Waals surface area contributed by atoms with Gasteiger partial charge in [0.15, 0.2) is 5.76 Å². The molecule has 28 heavy (non-hydrogen) atoms. The highest BCUT2D eigenvalue weighted by molar-refractivity contribution is 5.76. The fourth-order valence-corrected chi connectivity index (χ4v) is 2.81. The van der Waals surface area contributed by atoms with Crippen molar-refractivity contribution in [2.24, 2.45) is 0 Å². The zero-order chi connectivity index (χ0) is 19.9. The summed E-state index contributed by atoms with van der Waals surface area (Å²) in [5.74, 6) is 2.05. The number of likely N-dealkylation sites (N-methyl/N-ethyl adjacent to an activating group) is 1. The average Bonchev–Trinajstić information content (AvgIpc) is 3.38. The number of hydrogen-bond acceptors (Lipinski definition) is 7. The van der Waals surface area contributed by atoms with Crippen LogP contribution in [0.25, 0.3) is 11.6 Å². The summed E-state index contributed by atoms with van der Waals surface area (Å²) in [6.45, 7) is 0.500. The van der Waals surface area contributed by atoms with Crippen LogP contribution in [0.15, 0.2) is 51.6 Å². The van der Waals surface area contributed by atoms with Crippen molar-refractivity contribution >= 4 is 5.91 Å². The Kier molecular flexibility index (Phi) is 6.44. The SMILES string of the molecule is COc1ccc(C(CNC(=O)CCc2nc(-c3ccco3)no2)N(C)C)cc1. The molecular weight excluding hydrogens is 360 g/mol. The smallest absolute Gasteiger partial charge is 0.238 e. The Morgan fingerprint density at radius 2 is 2.04 bits per heavy atom. The van der Waals surface area contributed by atoms with Crippen molar-refractivity contribution < 1.29 is 18.5 Å². The number of nitrogens with zero attached hydrogens (tertiary/aromatic N) is 3. The van der Waals surface area contributed by atoms with E-state index in [2.05, 4.69) is 20.4 Å². The van der Waals surface area contributed by atoms with Crippen LogP contribution < -0.4 is 10.1 Å². The third-order valence-corrected chi connectivity index (χ3v) is 4.39. The molecule has 8 heteroatoms. The van der Waals surface area contributed by atoms with Gasteiger partial charge >= 0.3 is 0 Å². The molecule has 1 amide bonds. The minimum atomic E-state index is -0.0712. The molecule has 2 heterocycles. The zero-order valence-electron chi connectivity index (χ0n) is 16.2. The number of carbonyl (C=O) groups excluding carboxylic acids is 1. The van der Waals surface area contributed by atoms with Crippen LogP contribution in [0.2, 0.25) is 0 Å². The van der Waals surface area contributed by atoms with Crippen LogP contribution >= 0.6 is 0 Å². The molecule has 8 nitrogen and oxygen atoms in total. The maximum absolute atomic E-state index is 12.3. The monoisotopic (exact) mass is 384 g/mol. The van der Waals surface area contributed by atoms with E-state index in [0.29, 0.717) is 30.4 Å². The summed E-state index contributed by atoms with van der Waals surface area (Å²) < 4.78 is 15.6. The molecule has 1 unspecified atom stereocenters. The number of ether oxygens (including phenoxy) is 1. The highest BCUT2D eigenvalue weighted by Crippen LogP contribution is 2.21. The fraction of sp³-hybridized carbons (Fsp3) is 0.350. The van der Waals surface area contributed by atoms with Crippen LogP contribution in [0, 0.1) is 0 Å². The number of benzene rings is 1. The number of hydrogen-bond donors (Lipinski definition) is 1. The molecule has 0 saturated heterocycles. The largest absolute Gasteiger partial charge is 0.497 e. The summed E-state index contributed by atoms with van der Waals surface area (Å²) in [6, 6.07) is 11.4. The van der Waals surface area contributed by atoms with E-state index >= 15 is 0 Å². The maximum Gasteiger partial charge on any atom is 0.238 e.